The van der Waals surface area contributed by atoms with Crippen LogP contribution in [0.15, 0.2) is 29.5 Å². The summed E-state index contributed by atoms with van der Waals surface area (Å²) in [6.45, 7) is 11.6. The van der Waals surface area contributed by atoms with Crippen molar-refractivity contribution in [2.75, 3.05) is 34.0 Å². The fraction of sp³-hybridized carbons (Fsp3) is 0.607. The molecule has 0 aromatic heterocycles. The van der Waals surface area contributed by atoms with Gasteiger partial charge in [0.2, 0.25) is 0 Å². The number of carboxylic acid groups (broad SMARTS) is 1. The van der Waals surface area contributed by atoms with E-state index in [2.05, 4.69) is 0 Å². The second-order valence-electron chi connectivity index (χ2n) is 10.5. The van der Waals surface area contributed by atoms with Crippen LogP contribution in [-0.2, 0) is 14.3 Å². The standard InChI is InChI=1S/C28H42N2O8/c1-18(2)30(25(31)20-10-13-23(36-8)24(16-20)37-15-9-14-35-7)21-11-12-22(19(3)26(32)33)29(17-21)27(34)38-28(4,5)6/h10,13,16,18,21H,9,11-12,14-15,17H2,1-8H3,(H,32,33)/b22-19+. The van der Waals surface area contributed by atoms with E-state index < -0.39 is 17.7 Å². The molecule has 212 valence electrons. The maximum Gasteiger partial charge on any atom is 0.414 e. The second kappa shape index (κ2) is 13.5. The highest BCUT2D eigenvalue weighted by Gasteiger charge is 2.38. The molecule has 1 fully saturated rings. The zero-order chi connectivity index (χ0) is 28.6. The monoisotopic (exact) mass is 534 g/mol. The van der Waals surface area contributed by atoms with Crippen molar-refractivity contribution in [1.29, 1.82) is 0 Å². The zero-order valence-electron chi connectivity index (χ0n) is 23.8. The molecule has 0 spiro atoms. The van der Waals surface area contributed by atoms with Crippen LogP contribution in [0.25, 0.3) is 0 Å². The van der Waals surface area contributed by atoms with Gasteiger partial charge in [0, 0.05) is 44.0 Å². The minimum Gasteiger partial charge on any atom is -0.493 e. The number of nitrogens with zero attached hydrogens (tertiary/aromatic N) is 2. The lowest BCUT2D eigenvalue weighted by atomic mass is 9.96. The van der Waals surface area contributed by atoms with Crippen molar-refractivity contribution in [2.24, 2.45) is 0 Å². The first-order valence-electron chi connectivity index (χ1n) is 12.9. The highest BCUT2D eigenvalue weighted by molar-refractivity contribution is 5.95. The molecule has 1 aromatic carbocycles. The summed E-state index contributed by atoms with van der Waals surface area (Å²) in [5, 5.41) is 9.60. The number of methoxy groups -OCH3 is 2. The number of carbonyl (C=O) groups excluding carboxylic acids is 2. The molecule has 1 aliphatic heterocycles. The van der Waals surface area contributed by atoms with E-state index in [4.69, 9.17) is 18.9 Å². The van der Waals surface area contributed by atoms with Crippen LogP contribution in [0.1, 0.15) is 71.2 Å². The SMILES string of the molecule is COCCCOc1cc(C(=O)N(C(C)C)C2CC/C(=C(/C)C(=O)O)N(C(=O)OC(C)(C)C)C2)ccc1OC. The Balaban J connectivity index is 2.38. The first-order chi connectivity index (χ1) is 17.8. The van der Waals surface area contributed by atoms with Crippen LogP contribution in [0, 0.1) is 0 Å². The molecule has 0 bridgehead atoms. The Morgan fingerprint density at radius 3 is 2.37 bits per heavy atom. The number of likely N-dealkylation sites (tertiary alicyclic amines) is 1. The van der Waals surface area contributed by atoms with Gasteiger partial charge in [-0.2, -0.15) is 0 Å². The van der Waals surface area contributed by atoms with E-state index in [0.717, 1.165) is 0 Å². The Morgan fingerprint density at radius 2 is 1.82 bits per heavy atom. The highest BCUT2D eigenvalue weighted by Crippen LogP contribution is 2.32. The summed E-state index contributed by atoms with van der Waals surface area (Å²) in [6, 6.07) is 4.51. The number of carboxylic acids is 1. The smallest absolute Gasteiger partial charge is 0.414 e. The van der Waals surface area contributed by atoms with Crippen LogP contribution < -0.4 is 9.47 Å². The third-order valence-electron chi connectivity index (χ3n) is 6.15. The number of hydrogen-bond donors (Lipinski definition) is 1. The molecule has 1 atom stereocenters. The van der Waals surface area contributed by atoms with Gasteiger partial charge in [0.05, 0.1) is 25.3 Å². The molecule has 0 radical (unpaired) electrons. The molecule has 1 unspecified atom stereocenters. The second-order valence-corrected chi connectivity index (χ2v) is 10.5. The maximum absolute atomic E-state index is 13.8. The summed E-state index contributed by atoms with van der Waals surface area (Å²) in [5.41, 5.74) is 0.147. The van der Waals surface area contributed by atoms with Gasteiger partial charge in [-0.1, -0.05) is 0 Å². The Morgan fingerprint density at radius 1 is 1.13 bits per heavy atom. The third kappa shape index (κ3) is 8.11. The van der Waals surface area contributed by atoms with Crippen molar-refractivity contribution in [1.82, 2.24) is 9.80 Å². The summed E-state index contributed by atoms with van der Waals surface area (Å²) < 4.78 is 21.9. The topological polar surface area (TPSA) is 115 Å². The van der Waals surface area contributed by atoms with Crippen LogP contribution in [-0.4, -0.2) is 84.5 Å². The maximum atomic E-state index is 13.8. The minimum atomic E-state index is -1.10. The van der Waals surface area contributed by atoms with E-state index in [9.17, 15) is 19.5 Å². The van der Waals surface area contributed by atoms with Crippen LogP contribution in [0.5, 0.6) is 11.5 Å². The van der Waals surface area contributed by atoms with Gasteiger partial charge < -0.3 is 29.0 Å². The van der Waals surface area contributed by atoms with Gasteiger partial charge in [-0.3, -0.25) is 9.69 Å². The van der Waals surface area contributed by atoms with Crippen molar-refractivity contribution in [3.05, 3.63) is 35.0 Å². The van der Waals surface area contributed by atoms with Gasteiger partial charge in [0.15, 0.2) is 11.5 Å². The van der Waals surface area contributed by atoms with E-state index in [1.807, 2.05) is 13.8 Å². The summed E-state index contributed by atoms with van der Waals surface area (Å²) in [5.74, 6) is -0.344. The van der Waals surface area contributed by atoms with E-state index in [1.165, 1.54) is 18.9 Å². The van der Waals surface area contributed by atoms with Crippen molar-refractivity contribution in [3.8, 4) is 11.5 Å². The molecule has 1 aromatic rings. The van der Waals surface area contributed by atoms with Gasteiger partial charge in [-0.15, -0.1) is 0 Å². The summed E-state index contributed by atoms with van der Waals surface area (Å²) in [4.78, 5) is 41.8. The van der Waals surface area contributed by atoms with Crippen molar-refractivity contribution in [2.45, 2.75) is 78.5 Å². The van der Waals surface area contributed by atoms with Crippen molar-refractivity contribution >= 4 is 18.0 Å². The quantitative estimate of drug-likeness (QED) is 0.339. The van der Waals surface area contributed by atoms with Gasteiger partial charge >= 0.3 is 12.1 Å². The normalized spacial score (nSPS) is 17.2. The molecule has 0 saturated carbocycles. The van der Waals surface area contributed by atoms with Crippen LogP contribution in [0.3, 0.4) is 0 Å². The molecular formula is C28H42N2O8. The molecule has 1 saturated heterocycles. The van der Waals surface area contributed by atoms with Crippen LogP contribution >= 0.6 is 0 Å². The van der Waals surface area contributed by atoms with Crippen molar-refractivity contribution < 1.29 is 38.4 Å². The number of amides is 2. The number of aliphatic carboxylic acids is 1. The van der Waals surface area contributed by atoms with E-state index >= 15 is 0 Å². The molecule has 1 N–H and O–H groups in total. The first-order valence-corrected chi connectivity index (χ1v) is 12.9. The Hall–Kier alpha value is -3.27. The average Bonchev–Trinajstić information content (AvgIpc) is 2.84. The van der Waals surface area contributed by atoms with Crippen LogP contribution in [0.2, 0.25) is 0 Å². The summed E-state index contributed by atoms with van der Waals surface area (Å²) in [6.07, 6.45) is 0.865. The third-order valence-corrected chi connectivity index (χ3v) is 6.15. The lowest BCUT2D eigenvalue weighted by molar-refractivity contribution is -0.132. The number of carbonyl (C=O) groups is 3. The average molecular weight is 535 g/mol. The van der Waals surface area contributed by atoms with E-state index in [0.29, 0.717) is 55.2 Å². The Kier molecular flexibility index (Phi) is 11.0. The predicted molar refractivity (Wildman–Crippen MR) is 143 cm³/mol. The van der Waals surface area contributed by atoms with Gasteiger partial charge in [0.1, 0.15) is 5.60 Å². The number of piperidine rings is 1. The molecule has 10 heteroatoms. The Bertz CT molecular complexity index is 1030. The lowest BCUT2D eigenvalue weighted by Crippen LogP contribution is -2.54. The Labute approximate surface area is 225 Å². The van der Waals surface area contributed by atoms with E-state index in [-0.39, 0.29) is 30.1 Å². The number of rotatable bonds is 10. The fourth-order valence-corrected chi connectivity index (χ4v) is 4.37. The minimum absolute atomic E-state index is 0.0853. The molecule has 2 amide bonds. The number of benzene rings is 1. The van der Waals surface area contributed by atoms with Gasteiger partial charge in [-0.05, 0) is 72.6 Å². The molecule has 1 aliphatic rings. The molecule has 10 nitrogen and oxygen atoms in total. The van der Waals surface area contributed by atoms with E-state index in [1.54, 1.807) is 51.0 Å². The zero-order valence-corrected chi connectivity index (χ0v) is 23.8. The lowest BCUT2D eigenvalue weighted by Gasteiger charge is -2.43. The summed E-state index contributed by atoms with van der Waals surface area (Å²) >= 11 is 0. The molecule has 0 aliphatic carbocycles. The number of hydrogen-bond acceptors (Lipinski definition) is 7. The molecule has 38 heavy (non-hydrogen) atoms. The highest BCUT2D eigenvalue weighted by atomic mass is 16.6. The molecule has 2 rings (SSSR count). The largest absolute Gasteiger partial charge is 0.493 e. The first kappa shape index (κ1) is 31.0. The number of allylic oxidation sites excluding steroid dienone is 1. The summed E-state index contributed by atoms with van der Waals surface area (Å²) in [7, 11) is 3.16. The molecule has 1 heterocycles. The van der Waals surface area contributed by atoms with Crippen LogP contribution in [0.4, 0.5) is 4.79 Å². The fourth-order valence-electron chi connectivity index (χ4n) is 4.37. The van der Waals surface area contributed by atoms with Gasteiger partial charge in [-0.25, -0.2) is 9.59 Å². The molecular weight excluding hydrogens is 492 g/mol. The number of ether oxygens (including phenoxy) is 4. The predicted octanol–water partition coefficient (Wildman–Crippen LogP) is 4.72. The van der Waals surface area contributed by atoms with Gasteiger partial charge in [0.25, 0.3) is 5.91 Å². The van der Waals surface area contributed by atoms with Crippen molar-refractivity contribution in [3.63, 3.8) is 0 Å².